The van der Waals surface area contributed by atoms with Crippen LogP contribution in [0.4, 0.5) is 5.69 Å². The maximum atomic E-state index is 13.0. The van der Waals surface area contributed by atoms with E-state index in [9.17, 15) is 4.21 Å². The van der Waals surface area contributed by atoms with E-state index in [0.717, 1.165) is 40.9 Å². The molecule has 122 valence electrons. The van der Waals surface area contributed by atoms with Gasteiger partial charge >= 0.3 is 0 Å². The number of rotatable bonds is 3. The molecule has 4 rings (SSSR count). The molecule has 1 heterocycles. The Balaban J connectivity index is 1.72. The highest BCUT2D eigenvalue weighted by Gasteiger charge is 2.15. The SMILES string of the molecule is Cc1ccc(S(=O)Nc2cccc3c2CNCC3)c2ccccc12. The quantitative estimate of drug-likeness (QED) is 0.761. The Labute approximate surface area is 144 Å². The van der Waals surface area contributed by atoms with Crippen LogP contribution in [0.25, 0.3) is 10.8 Å². The normalized spacial score (nSPS) is 15.0. The summed E-state index contributed by atoms with van der Waals surface area (Å²) in [5, 5.41) is 5.59. The zero-order chi connectivity index (χ0) is 16.5. The largest absolute Gasteiger partial charge is 0.312 e. The third-order valence-electron chi connectivity index (χ3n) is 4.65. The van der Waals surface area contributed by atoms with Crippen LogP contribution in [0.5, 0.6) is 0 Å². The number of anilines is 1. The lowest BCUT2D eigenvalue weighted by Crippen LogP contribution is -2.24. The molecule has 1 unspecified atom stereocenters. The van der Waals surface area contributed by atoms with Crippen LogP contribution in [-0.2, 0) is 24.0 Å². The maximum Gasteiger partial charge on any atom is 0.150 e. The Morgan fingerprint density at radius 3 is 2.71 bits per heavy atom. The highest BCUT2D eigenvalue weighted by molar-refractivity contribution is 7.86. The second-order valence-electron chi connectivity index (χ2n) is 6.17. The first-order valence-electron chi connectivity index (χ1n) is 8.22. The zero-order valence-corrected chi connectivity index (χ0v) is 14.5. The fraction of sp³-hybridized carbons (Fsp3) is 0.200. The van der Waals surface area contributed by atoms with Gasteiger partial charge in [-0.1, -0.05) is 42.5 Å². The molecule has 0 aromatic heterocycles. The Hall–Kier alpha value is -2.17. The molecule has 0 amide bonds. The summed E-state index contributed by atoms with van der Waals surface area (Å²) < 4.78 is 16.2. The van der Waals surface area contributed by atoms with E-state index >= 15 is 0 Å². The van der Waals surface area contributed by atoms with Crippen molar-refractivity contribution in [2.24, 2.45) is 0 Å². The summed E-state index contributed by atoms with van der Waals surface area (Å²) in [6.45, 7) is 3.91. The van der Waals surface area contributed by atoms with Crippen molar-refractivity contribution in [3.05, 3.63) is 71.3 Å². The third kappa shape index (κ3) is 2.72. The fourth-order valence-corrected chi connectivity index (χ4v) is 4.42. The summed E-state index contributed by atoms with van der Waals surface area (Å²) >= 11 is 0. The lowest BCUT2D eigenvalue weighted by molar-refractivity contribution is 0.645. The molecule has 0 fully saturated rings. The Morgan fingerprint density at radius 2 is 1.83 bits per heavy atom. The minimum absolute atomic E-state index is 0.824. The summed E-state index contributed by atoms with van der Waals surface area (Å²) in [6.07, 6.45) is 1.02. The molecule has 1 atom stereocenters. The molecule has 4 heteroatoms. The Kier molecular flexibility index (Phi) is 4.08. The average molecular weight is 336 g/mol. The van der Waals surface area contributed by atoms with Gasteiger partial charge in [0.25, 0.3) is 0 Å². The van der Waals surface area contributed by atoms with Gasteiger partial charge in [-0.05, 0) is 59.5 Å². The zero-order valence-electron chi connectivity index (χ0n) is 13.6. The van der Waals surface area contributed by atoms with Gasteiger partial charge < -0.3 is 10.0 Å². The van der Waals surface area contributed by atoms with E-state index in [0.29, 0.717) is 0 Å². The van der Waals surface area contributed by atoms with Gasteiger partial charge in [-0.15, -0.1) is 0 Å². The van der Waals surface area contributed by atoms with E-state index in [2.05, 4.69) is 29.1 Å². The van der Waals surface area contributed by atoms with Gasteiger partial charge in [-0.3, -0.25) is 0 Å². The van der Waals surface area contributed by atoms with E-state index in [1.165, 1.54) is 16.7 Å². The highest BCUT2D eigenvalue weighted by atomic mass is 32.2. The average Bonchev–Trinajstić information content (AvgIpc) is 2.62. The van der Waals surface area contributed by atoms with Gasteiger partial charge in [0.1, 0.15) is 0 Å². The molecule has 0 saturated heterocycles. The molecular formula is C20H20N2OS. The van der Waals surface area contributed by atoms with Crippen molar-refractivity contribution in [1.29, 1.82) is 0 Å². The Bertz CT molecular complexity index is 936. The van der Waals surface area contributed by atoms with Gasteiger partial charge in [0.2, 0.25) is 0 Å². The first-order valence-corrected chi connectivity index (χ1v) is 9.37. The van der Waals surface area contributed by atoms with Crippen molar-refractivity contribution < 1.29 is 4.21 Å². The molecule has 24 heavy (non-hydrogen) atoms. The van der Waals surface area contributed by atoms with Crippen LogP contribution in [0.2, 0.25) is 0 Å². The second-order valence-corrected chi connectivity index (χ2v) is 7.35. The van der Waals surface area contributed by atoms with E-state index in [1.807, 2.05) is 42.5 Å². The summed E-state index contributed by atoms with van der Waals surface area (Å²) in [6, 6.07) is 18.4. The number of aryl methyl sites for hydroxylation is 1. The van der Waals surface area contributed by atoms with Gasteiger partial charge in [0.15, 0.2) is 11.0 Å². The van der Waals surface area contributed by atoms with Crippen molar-refractivity contribution in [2.45, 2.75) is 24.8 Å². The summed E-state index contributed by atoms with van der Waals surface area (Å²) in [5.74, 6) is 0. The smallest absolute Gasteiger partial charge is 0.150 e. The molecule has 2 N–H and O–H groups in total. The van der Waals surface area contributed by atoms with Crippen molar-refractivity contribution >= 4 is 27.4 Å². The van der Waals surface area contributed by atoms with Crippen molar-refractivity contribution in [2.75, 3.05) is 11.3 Å². The molecule has 3 aromatic rings. The van der Waals surface area contributed by atoms with E-state index < -0.39 is 11.0 Å². The molecule has 1 aliphatic rings. The summed E-state index contributed by atoms with van der Waals surface area (Å²) in [7, 11) is -1.29. The number of benzene rings is 3. The number of hydrogen-bond acceptors (Lipinski definition) is 2. The van der Waals surface area contributed by atoms with E-state index in [1.54, 1.807) is 0 Å². The van der Waals surface area contributed by atoms with Crippen molar-refractivity contribution in [1.82, 2.24) is 5.32 Å². The highest BCUT2D eigenvalue weighted by Crippen LogP contribution is 2.28. The van der Waals surface area contributed by atoms with Crippen LogP contribution in [0, 0.1) is 6.92 Å². The minimum atomic E-state index is -1.29. The predicted octanol–water partition coefficient (Wildman–Crippen LogP) is 3.93. The fourth-order valence-electron chi connectivity index (χ4n) is 3.35. The van der Waals surface area contributed by atoms with E-state index in [-0.39, 0.29) is 0 Å². The topological polar surface area (TPSA) is 41.1 Å². The molecule has 3 nitrogen and oxygen atoms in total. The molecule has 0 aliphatic carbocycles. The molecule has 0 saturated carbocycles. The first-order chi connectivity index (χ1) is 11.7. The predicted molar refractivity (Wildman–Crippen MR) is 101 cm³/mol. The number of hydrogen-bond donors (Lipinski definition) is 2. The molecule has 0 bridgehead atoms. The first kappa shape index (κ1) is 15.4. The molecule has 3 aromatic carbocycles. The third-order valence-corrected chi connectivity index (χ3v) is 5.81. The lowest BCUT2D eigenvalue weighted by atomic mass is 10.00. The maximum absolute atomic E-state index is 13.0. The van der Waals surface area contributed by atoms with Crippen molar-refractivity contribution in [3.63, 3.8) is 0 Å². The number of nitrogens with one attached hydrogen (secondary N) is 2. The van der Waals surface area contributed by atoms with Crippen molar-refractivity contribution in [3.8, 4) is 0 Å². The van der Waals surface area contributed by atoms with Gasteiger partial charge in [-0.2, -0.15) is 0 Å². The van der Waals surface area contributed by atoms with Crippen LogP contribution in [-0.4, -0.2) is 10.8 Å². The van der Waals surface area contributed by atoms with Crippen LogP contribution >= 0.6 is 0 Å². The molecule has 0 spiro atoms. The monoisotopic (exact) mass is 336 g/mol. The van der Waals surface area contributed by atoms with Gasteiger partial charge in [0, 0.05) is 6.54 Å². The molecule has 1 aliphatic heterocycles. The lowest BCUT2D eigenvalue weighted by Gasteiger charge is -2.21. The summed E-state index contributed by atoms with van der Waals surface area (Å²) in [4.78, 5) is 0.831. The Morgan fingerprint density at radius 1 is 1.00 bits per heavy atom. The van der Waals surface area contributed by atoms with Gasteiger partial charge in [-0.25, -0.2) is 4.21 Å². The van der Waals surface area contributed by atoms with Crippen LogP contribution < -0.4 is 10.0 Å². The van der Waals surface area contributed by atoms with Crippen LogP contribution in [0.15, 0.2) is 59.5 Å². The number of fused-ring (bicyclic) bond motifs is 2. The second kappa shape index (κ2) is 6.38. The molecular weight excluding hydrogens is 316 g/mol. The standard InChI is InChI=1S/C20H20N2OS/c1-14-9-10-20(17-7-3-2-6-16(14)17)24(23)22-19-8-4-5-15-11-12-21-13-18(15)19/h2-10,21-22H,11-13H2,1H3. The molecule has 0 radical (unpaired) electrons. The van der Waals surface area contributed by atoms with Gasteiger partial charge in [0.05, 0.1) is 10.6 Å². The summed E-state index contributed by atoms with van der Waals surface area (Å²) in [5.41, 5.74) is 4.73. The van der Waals surface area contributed by atoms with Crippen LogP contribution in [0.1, 0.15) is 16.7 Å². The minimum Gasteiger partial charge on any atom is -0.312 e. The van der Waals surface area contributed by atoms with Crippen LogP contribution in [0.3, 0.4) is 0 Å². The van der Waals surface area contributed by atoms with E-state index in [4.69, 9.17) is 0 Å².